The van der Waals surface area contributed by atoms with E-state index < -0.39 is 0 Å². The molecule has 6 heteroatoms. The van der Waals surface area contributed by atoms with Gasteiger partial charge in [-0.15, -0.1) is 23.1 Å². The van der Waals surface area contributed by atoms with Crippen molar-refractivity contribution in [1.29, 1.82) is 5.26 Å². The summed E-state index contributed by atoms with van der Waals surface area (Å²) in [4.78, 5) is 14.7. The Morgan fingerprint density at radius 3 is 2.72 bits per heavy atom. The van der Waals surface area contributed by atoms with Gasteiger partial charge in [0.1, 0.15) is 16.8 Å². The Bertz CT molecular complexity index is 806. The standard InChI is InChI=1S/C19H20N2O2S2/c1-12(24-14-9-7-13(22)8-10-14)18(23)21-19-16(11-20)15-5-3-2-4-6-17(15)25-19/h7-10,12,22H,2-6H2,1H3,(H,21,23). The van der Waals surface area contributed by atoms with Gasteiger partial charge >= 0.3 is 0 Å². The highest BCUT2D eigenvalue weighted by molar-refractivity contribution is 8.00. The normalized spacial score (nSPS) is 14.9. The number of hydrogen-bond acceptors (Lipinski definition) is 5. The molecule has 130 valence electrons. The molecule has 1 aliphatic carbocycles. The van der Waals surface area contributed by atoms with Crippen molar-refractivity contribution >= 4 is 34.0 Å². The first-order valence-electron chi connectivity index (χ1n) is 8.39. The highest BCUT2D eigenvalue weighted by atomic mass is 32.2. The van der Waals surface area contributed by atoms with Gasteiger partial charge in [0.2, 0.25) is 5.91 Å². The molecule has 0 spiro atoms. The van der Waals surface area contributed by atoms with Gasteiger partial charge in [0.15, 0.2) is 0 Å². The van der Waals surface area contributed by atoms with Crippen LogP contribution in [0.4, 0.5) is 5.00 Å². The lowest BCUT2D eigenvalue weighted by Crippen LogP contribution is -2.22. The molecule has 1 amide bonds. The number of phenolic OH excluding ortho intramolecular Hbond substituents is 1. The number of nitrogens with zero attached hydrogens (tertiary/aromatic N) is 1. The van der Waals surface area contributed by atoms with Crippen molar-refractivity contribution in [1.82, 2.24) is 0 Å². The van der Waals surface area contributed by atoms with Gasteiger partial charge in [-0.2, -0.15) is 5.26 Å². The van der Waals surface area contributed by atoms with Gasteiger partial charge in [-0.25, -0.2) is 0 Å². The van der Waals surface area contributed by atoms with Gasteiger partial charge in [0, 0.05) is 9.77 Å². The number of fused-ring (bicyclic) bond motifs is 1. The number of thioether (sulfide) groups is 1. The topological polar surface area (TPSA) is 73.1 Å². The fraction of sp³-hybridized carbons (Fsp3) is 0.368. The van der Waals surface area contributed by atoms with Gasteiger partial charge in [-0.05, 0) is 62.4 Å². The molecule has 1 aliphatic rings. The molecule has 0 fully saturated rings. The maximum Gasteiger partial charge on any atom is 0.238 e. The molecule has 3 rings (SSSR count). The van der Waals surface area contributed by atoms with Crippen LogP contribution in [0.5, 0.6) is 5.75 Å². The highest BCUT2D eigenvalue weighted by Gasteiger charge is 2.23. The van der Waals surface area contributed by atoms with E-state index >= 15 is 0 Å². The molecule has 25 heavy (non-hydrogen) atoms. The van der Waals surface area contributed by atoms with Crippen LogP contribution in [-0.4, -0.2) is 16.3 Å². The van der Waals surface area contributed by atoms with Gasteiger partial charge in [0.25, 0.3) is 0 Å². The molecule has 1 aromatic carbocycles. The first-order valence-corrected chi connectivity index (χ1v) is 10.1. The Hall–Kier alpha value is -1.97. The van der Waals surface area contributed by atoms with Crippen LogP contribution in [0, 0.1) is 11.3 Å². The summed E-state index contributed by atoms with van der Waals surface area (Å²) in [6, 6.07) is 9.09. The lowest BCUT2D eigenvalue weighted by Gasteiger charge is -2.11. The van der Waals surface area contributed by atoms with Gasteiger partial charge < -0.3 is 10.4 Å². The number of hydrogen-bond donors (Lipinski definition) is 2. The predicted octanol–water partition coefficient (Wildman–Crippen LogP) is 4.71. The molecule has 0 saturated heterocycles. The van der Waals surface area contributed by atoms with Gasteiger partial charge in [-0.1, -0.05) is 6.42 Å². The van der Waals surface area contributed by atoms with E-state index in [0.717, 1.165) is 36.1 Å². The number of anilines is 1. The van der Waals surface area contributed by atoms with Crippen LogP contribution < -0.4 is 5.32 Å². The fourth-order valence-electron chi connectivity index (χ4n) is 2.94. The van der Waals surface area contributed by atoms with Crippen LogP contribution in [0.2, 0.25) is 0 Å². The van der Waals surface area contributed by atoms with Crippen molar-refractivity contribution < 1.29 is 9.90 Å². The molecule has 2 N–H and O–H groups in total. The zero-order valence-corrected chi connectivity index (χ0v) is 15.7. The third-order valence-corrected chi connectivity index (χ3v) is 6.61. The number of nitriles is 1. The van der Waals surface area contributed by atoms with Crippen LogP contribution in [0.3, 0.4) is 0 Å². The third-order valence-electron chi connectivity index (χ3n) is 4.29. The van der Waals surface area contributed by atoms with E-state index in [4.69, 9.17) is 0 Å². The zero-order chi connectivity index (χ0) is 17.8. The van der Waals surface area contributed by atoms with Crippen LogP contribution >= 0.6 is 23.1 Å². The van der Waals surface area contributed by atoms with Crippen molar-refractivity contribution in [2.75, 3.05) is 5.32 Å². The second kappa shape index (κ2) is 7.94. The van der Waals surface area contributed by atoms with Gasteiger partial charge in [-0.3, -0.25) is 4.79 Å². The Kier molecular flexibility index (Phi) is 5.67. The summed E-state index contributed by atoms with van der Waals surface area (Å²) in [5.41, 5.74) is 1.79. The van der Waals surface area contributed by atoms with Gasteiger partial charge in [0.05, 0.1) is 10.8 Å². The number of rotatable bonds is 4. The van der Waals surface area contributed by atoms with Crippen molar-refractivity contribution in [2.45, 2.75) is 49.2 Å². The van der Waals surface area contributed by atoms with Crippen molar-refractivity contribution in [3.8, 4) is 11.8 Å². The number of nitrogens with one attached hydrogen (secondary N) is 1. The quantitative estimate of drug-likeness (QED) is 0.602. The number of carbonyl (C=O) groups excluding carboxylic acids is 1. The predicted molar refractivity (Wildman–Crippen MR) is 102 cm³/mol. The molecule has 0 bridgehead atoms. The second-order valence-electron chi connectivity index (χ2n) is 6.12. The molecule has 2 aromatic rings. The summed E-state index contributed by atoms with van der Waals surface area (Å²) >= 11 is 2.99. The first-order chi connectivity index (χ1) is 12.1. The minimum absolute atomic E-state index is 0.106. The Balaban J connectivity index is 1.72. The lowest BCUT2D eigenvalue weighted by atomic mass is 10.1. The van der Waals surface area contributed by atoms with E-state index in [-0.39, 0.29) is 16.9 Å². The molecule has 0 radical (unpaired) electrons. The summed E-state index contributed by atoms with van der Waals surface area (Å²) < 4.78 is 0. The maximum atomic E-state index is 12.5. The van der Waals surface area contributed by atoms with E-state index in [1.165, 1.54) is 23.1 Å². The second-order valence-corrected chi connectivity index (χ2v) is 8.64. The van der Waals surface area contributed by atoms with Crippen LogP contribution in [0.15, 0.2) is 29.2 Å². The molecule has 1 aromatic heterocycles. The maximum absolute atomic E-state index is 12.5. The van der Waals surface area contributed by atoms with E-state index in [9.17, 15) is 15.2 Å². The average molecular weight is 373 g/mol. The molecular formula is C19H20N2O2S2. The minimum Gasteiger partial charge on any atom is -0.508 e. The number of benzene rings is 1. The zero-order valence-electron chi connectivity index (χ0n) is 14.0. The monoisotopic (exact) mass is 372 g/mol. The molecule has 0 aliphatic heterocycles. The van der Waals surface area contributed by atoms with Crippen molar-refractivity contribution in [3.63, 3.8) is 0 Å². The van der Waals surface area contributed by atoms with E-state index in [1.807, 2.05) is 6.92 Å². The molecule has 1 atom stereocenters. The molecule has 1 unspecified atom stereocenters. The fourth-order valence-corrected chi connectivity index (χ4v) is 5.05. The van der Waals surface area contributed by atoms with Crippen molar-refractivity contribution in [2.24, 2.45) is 0 Å². The smallest absolute Gasteiger partial charge is 0.238 e. The summed E-state index contributed by atoms with van der Waals surface area (Å²) in [7, 11) is 0. The number of carbonyl (C=O) groups is 1. The molecule has 0 saturated carbocycles. The summed E-state index contributed by atoms with van der Waals surface area (Å²) in [5.74, 6) is 0.103. The number of aromatic hydroxyl groups is 1. The SMILES string of the molecule is CC(Sc1ccc(O)cc1)C(=O)Nc1sc2c(c1C#N)CCCCC2. The number of amides is 1. The minimum atomic E-state index is -0.294. The third kappa shape index (κ3) is 4.17. The molecule has 4 nitrogen and oxygen atoms in total. The first kappa shape index (κ1) is 17.8. The number of thiophene rings is 1. The van der Waals surface area contributed by atoms with Crippen LogP contribution in [0.1, 0.15) is 42.2 Å². The van der Waals surface area contributed by atoms with Crippen molar-refractivity contribution in [3.05, 3.63) is 40.3 Å². The Morgan fingerprint density at radius 1 is 1.28 bits per heavy atom. The summed E-state index contributed by atoms with van der Waals surface area (Å²) in [5, 5.41) is 22.2. The van der Waals surface area contributed by atoms with E-state index in [1.54, 1.807) is 35.6 Å². The van der Waals surface area contributed by atoms with Crippen LogP contribution in [0.25, 0.3) is 0 Å². The average Bonchev–Trinajstić information content (AvgIpc) is 2.76. The van der Waals surface area contributed by atoms with Crippen LogP contribution in [-0.2, 0) is 17.6 Å². The van der Waals surface area contributed by atoms with E-state index in [0.29, 0.717) is 10.6 Å². The largest absolute Gasteiger partial charge is 0.508 e. The number of aryl methyl sites for hydroxylation is 1. The Morgan fingerprint density at radius 2 is 2.00 bits per heavy atom. The number of phenols is 1. The lowest BCUT2D eigenvalue weighted by molar-refractivity contribution is -0.115. The summed E-state index contributed by atoms with van der Waals surface area (Å²) in [6.45, 7) is 1.84. The molecule has 1 heterocycles. The molecular weight excluding hydrogens is 352 g/mol. The highest BCUT2D eigenvalue weighted by Crippen LogP contribution is 2.37. The summed E-state index contributed by atoms with van der Waals surface area (Å²) in [6.07, 6.45) is 5.40. The Labute approximate surface area is 155 Å². The van der Waals surface area contributed by atoms with E-state index in [2.05, 4.69) is 11.4 Å².